The van der Waals surface area contributed by atoms with Crippen LogP contribution in [-0.2, 0) is 4.79 Å². The lowest BCUT2D eigenvalue weighted by atomic mass is 10.1. The highest BCUT2D eigenvalue weighted by Crippen LogP contribution is 2.39. The number of aromatic nitrogens is 1. The topological polar surface area (TPSA) is 97.8 Å². The molecule has 1 fully saturated rings. The quantitative estimate of drug-likeness (QED) is 0.555. The Bertz CT molecular complexity index is 1120. The van der Waals surface area contributed by atoms with Crippen LogP contribution < -0.4 is 14.8 Å². The summed E-state index contributed by atoms with van der Waals surface area (Å²) in [4.78, 5) is 44.6. The number of anilines is 1. The number of hydrogen-bond donors (Lipinski definition) is 1. The van der Waals surface area contributed by atoms with Gasteiger partial charge in [0.1, 0.15) is 5.82 Å². The number of nitrogens with one attached hydrogen (secondary N) is 1. The van der Waals surface area contributed by atoms with Gasteiger partial charge in [0.2, 0.25) is 5.91 Å². The van der Waals surface area contributed by atoms with Crippen molar-refractivity contribution in [3.8, 4) is 11.6 Å². The fourth-order valence-corrected chi connectivity index (χ4v) is 4.42. The lowest BCUT2D eigenvalue weighted by Crippen LogP contribution is -2.36. The number of ether oxygens (including phenoxy) is 2. The number of hydrogen-bond acceptors (Lipinski definition) is 7. The molecule has 1 unspecified atom stereocenters. The highest BCUT2D eigenvalue weighted by atomic mass is 32.2. The van der Waals surface area contributed by atoms with E-state index in [9.17, 15) is 18.8 Å². The van der Waals surface area contributed by atoms with Crippen LogP contribution in [0.4, 0.5) is 10.1 Å². The van der Waals surface area contributed by atoms with E-state index < -0.39 is 23.7 Å². The molecule has 1 aliphatic heterocycles. The Morgan fingerprint density at radius 1 is 1.24 bits per heavy atom. The zero-order valence-corrected chi connectivity index (χ0v) is 19.3. The molecule has 0 saturated heterocycles. The first-order valence-electron chi connectivity index (χ1n) is 10.6. The average Bonchev–Trinajstić information content (AvgIpc) is 3.61. The maximum Gasteiger partial charge on any atom is 0.265 e. The van der Waals surface area contributed by atoms with E-state index in [1.807, 2.05) is 6.26 Å². The third-order valence-electron chi connectivity index (χ3n) is 5.55. The van der Waals surface area contributed by atoms with Crippen molar-refractivity contribution in [2.75, 3.05) is 31.0 Å². The van der Waals surface area contributed by atoms with Gasteiger partial charge in [-0.25, -0.2) is 9.37 Å². The van der Waals surface area contributed by atoms with Gasteiger partial charge in [-0.3, -0.25) is 19.3 Å². The predicted molar refractivity (Wildman–Crippen MR) is 121 cm³/mol. The summed E-state index contributed by atoms with van der Waals surface area (Å²) in [6.45, 7) is 2.15. The first-order chi connectivity index (χ1) is 15.9. The molecule has 0 radical (unpaired) electrons. The van der Waals surface area contributed by atoms with Crippen LogP contribution in [0.2, 0.25) is 0 Å². The molecule has 0 spiro atoms. The molecule has 1 N–H and O–H groups in total. The van der Waals surface area contributed by atoms with Gasteiger partial charge in [-0.15, -0.1) is 0 Å². The molecule has 4 rings (SSSR count). The molecule has 10 heteroatoms. The summed E-state index contributed by atoms with van der Waals surface area (Å²) in [5.74, 6) is -1.59. The van der Waals surface area contributed by atoms with Crippen molar-refractivity contribution in [1.82, 2.24) is 9.88 Å². The minimum atomic E-state index is -0.809. The molecule has 1 aromatic carbocycles. The van der Waals surface area contributed by atoms with Gasteiger partial charge in [-0.2, -0.15) is 11.8 Å². The third-order valence-corrected chi connectivity index (χ3v) is 6.20. The average molecular weight is 474 g/mol. The molecule has 174 valence electrons. The summed E-state index contributed by atoms with van der Waals surface area (Å²) >= 11 is 1.41. The molecule has 0 bridgehead atoms. The number of nitrogens with zero attached hydrogens (tertiary/aromatic N) is 2. The van der Waals surface area contributed by atoms with Gasteiger partial charge in [0.25, 0.3) is 17.7 Å². The van der Waals surface area contributed by atoms with Gasteiger partial charge < -0.3 is 14.8 Å². The van der Waals surface area contributed by atoms with E-state index >= 15 is 0 Å². The van der Waals surface area contributed by atoms with Crippen molar-refractivity contribution in [3.63, 3.8) is 0 Å². The number of imide groups is 1. The standard InChI is InChI=1S/C23H24FN3O5S/c1-4-32-21-17(31-2)10-9-14(26-21)16(11-33-3)27-22(29)18-13(24)7-8-15(19(18)23(27)30)25-20(28)12-5-6-12/h7-10,12,16H,4-6,11H2,1-3H3,(H,25,28). The number of halogens is 1. The molecule has 1 atom stereocenters. The fourth-order valence-electron chi connectivity index (χ4n) is 3.78. The number of benzene rings is 1. The summed E-state index contributed by atoms with van der Waals surface area (Å²) in [6.07, 6.45) is 3.38. The van der Waals surface area contributed by atoms with Crippen LogP contribution >= 0.6 is 11.8 Å². The number of pyridine rings is 1. The van der Waals surface area contributed by atoms with Crippen molar-refractivity contribution >= 4 is 35.2 Å². The second-order valence-corrected chi connectivity index (χ2v) is 8.65. The van der Waals surface area contributed by atoms with Gasteiger partial charge in [0.15, 0.2) is 5.75 Å². The van der Waals surface area contributed by atoms with Crippen LogP contribution in [0.1, 0.15) is 52.2 Å². The van der Waals surface area contributed by atoms with E-state index in [2.05, 4.69) is 10.3 Å². The number of carbonyl (C=O) groups is 3. The number of methoxy groups -OCH3 is 1. The number of carbonyl (C=O) groups excluding carboxylic acids is 3. The van der Waals surface area contributed by atoms with Crippen molar-refractivity contribution in [2.45, 2.75) is 25.8 Å². The first-order valence-corrected chi connectivity index (χ1v) is 12.0. The Hall–Kier alpha value is -3.14. The molecule has 2 aromatic rings. The molecule has 33 heavy (non-hydrogen) atoms. The number of fused-ring (bicyclic) bond motifs is 1. The van der Waals surface area contributed by atoms with Gasteiger partial charge in [-0.1, -0.05) is 0 Å². The summed E-state index contributed by atoms with van der Waals surface area (Å²) in [5.41, 5.74) is 0.0914. The van der Waals surface area contributed by atoms with Crippen molar-refractivity contribution in [3.05, 3.63) is 46.9 Å². The second-order valence-electron chi connectivity index (χ2n) is 7.74. The summed E-state index contributed by atoms with van der Waals surface area (Å²) in [7, 11) is 1.49. The van der Waals surface area contributed by atoms with Crippen LogP contribution in [0.5, 0.6) is 11.6 Å². The van der Waals surface area contributed by atoms with E-state index in [4.69, 9.17) is 9.47 Å². The highest BCUT2D eigenvalue weighted by Gasteiger charge is 2.45. The highest BCUT2D eigenvalue weighted by molar-refractivity contribution is 7.98. The van der Waals surface area contributed by atoms with Crippen LogP contribution in [0.25, 0.3) is 0 Å². The molecule has 8 nitrogen and oxygen atoms in total. The SMILES string of the molecule is CCOc1nc(C(CSC)N2C(=O)c3c(F)ccc(NC(=O)C4CC4)c3C2=O)ccc1OC. The maximum absolute atomic E-state index is 14.7. The van der Waals surface area contributed by atoms with Crippen LogP contribution in [0, 0.1) is 11.7 Å². The molecular weight excluding hydrogens is 449 g/mol. The molecular formula is C23H24FN3O5S. The first kappa shape index (κ1) is 23.0. The summed E-state index contributed by atoms with van der Waals surface area (Å²) < 4.78 is 25.5. The van der Waals surface area contributed by atoms with Gasteiger partial charge in [0.05, 0.1) is 42.3 Å². The summed E-state index contributed by atoms with van der Waals surface area (Å²) in [5, 5.41) is 2.69. The van der Waals surface area contributed by atoms with Crippen molar-refractivity contribution < 1.29 is 28.2 Å². The maximum atomic E-state index is 14.7. The van der Waals surface area contributed by atoms with E-state index in [0.29, 0.717) is 23.8 Å². The number of rotatable bonds is 9. The van der Waals surface area contributed by atoms with Gasteiger partial charge in [-0.05, 0) is 50.3 Å². The van der Waals surface area contributed by atoms with Crippen LogP contribution in [0.15, 0.2) is 24.3 Å². The molecule has 1 aromatic heterocycles. The smallest absolute Gasteiger partial charge is 0.265 e. The van der Waals surface area contributed by atoms with Crippen LogP contribution in [0.3, 0.4) is 0 Å². The Kier molecular flexibility index (Phi) is 6.55. The van der Waals surface area contributed by atoms with Crippen molar-refractivity contribution in [1.29, 1.82) is 0 Å². The molecule has 2 heterocycles. The largest absolute Gasteiger partial charge is 0.491 e. The fraction of sp³-hybridized carbons (Fsp3) is 0.391. The predicted octanol–water partition coefficient (Wildman–Crippen LogP) is 3.68. The van der Waals surface area contributed by atoms with Gasteiger partial charge in [0, 0.05) is 11.7 Å². The molecule has 2 aliphatic rings. The van der Waals surface area contributed by atoms with E-state index in [0.717, 1.165) is 23.8 Å². The third kappa shape index (κ3) is 4.27. The van der Waals surface area contributed by atoms with Crippen molar-refractivity contribution in [2.24, 2.45) is 5.92 Å². The molecule has 1 saturated carbocycles. The number of amides is 3. The normalized spacial score (nSPS) is 15.9. The van der Waals surface area contributed by atoms with E-state index in [-0.39, 0.29) is 34.5 Å². The molecule has 3 amide bonds. The Labute approximate surface area is 194 Å². The Morgan fingerprint density at radius 3 is 2.61 bits per heavy atom. The number of thioether (sulfide) groups is 1. The van der Waals surface area contributed by atoms with E-state index in [1.165, 1.54) is 24.9 Å². The molecule has 1 aliphatic carbocycles. The van der Waals surface area contributed by atoms with Gasteiger partial charge >= 0.3 is 0 Å². The lowest BCUT2D eigenvalue weighted by Gasteiger charge is -2.26. The minimum absolute atomic E-state index is 0.112. The summed E-state index contributed by atoms with van der Waals surface area (Å²) in [6, 6.07) is 4.95. The van der Waals surface area contributed by atoms with Crippen LogP contribution in [-0.4, -0.2) is 53.3 Å². The Balaban J connectivity index is 1.74. The second kappa shape index (κ2) is 9.38. The zero-order chi connectivity index (χ0) is 23.7. The van der Waals surface area contributed by atoms with E-state index in [1.54, 1.807) is 19.1 Å². The monoisotopic (exact) mass is 473 g/mol. The minimum Gasteiger partial charge on any atom is -0.491 e. The zero-order valence-electron chi connectivity index (χ0n) is 18.5. The Morgan fingerprint density at radius 2 is 1.97 bits per heavy atom. The lowest BCUT2D eigenvalue weighted by molar-refractivity contribution is -0.117.